The molecule has 0 saturated heterocycles. The van der Waals surface area contributed by atoms with Gasteiger partial charge in [-0.25, -0.2) is 4.98 Å². The second kappa shape index (κ2) is 12.6. The summed E-state index contributed by atoms with van der Waals surface area (Å²) in [5.74, 6) is 0. The van der Waals surface area contributed by atoms with Crippen molar-refractivity contribution in [2.24, 2.45) is 0 Å². The molecule has 0 bridgehead atoms. The molecule has 0 aliphatic carbocycles. The van der Waals surface area contributed by atoms with Gasteiger partial charge in [-0.2, -0.15) is 0 Å². The van der Waals surface area contributed by atoms with E-state index in [1.54, 1.807) is 18.5 Å². The van der Waals surface area contributed by atoms with E-state index in [2.05, 4.69) is 58.5 Å². The molecular formula is C50H30N4O. The van der Waals surface area contributed by atoms with Gasteiger partial charge in [0.1, 0.15) is 11.2 Å². The average molecular weight is 708 g/mol. The highest BCUT2D eigenvalue weighted by Crippen LogP contribution is 2.43. The summed E-state index contributed by atoms with van der Waals surface area (Å²) in [4.78, 5) is 19.4. The normalized spacial score (nSPS) is 12.9. The highest BCUT2D eigenvalue weighted by atomic mass is 16.3. The predicted octanol–water partition coefficient (Wildman–Crippen LogP) is 13.0. The predicted molar refractivity (Wildman–Crippen MR) is 225 cm³/mol. The maximum Gasteiger partial charge on any atom is 0.143 e. The van der Waals surface area contributed by atoms with Gasteiger partial charge in [0.15, 0.2) is 0 Å². The quantitative estimate of drug-likeness (QED) is 0.167. The van der Waals surface area contributed by atoms with Crippen LogP contribution >= 0.6 is 0 Å². The Labute approximate surface area is 323 Å². The van der Waals surface area contributed by atoms with Crippen LogP contribution in [-0.2, 0) is 0 Å². The van der Waals surface area contributed by atoms with Crippen molar-refractivity contribution in [2.45, 2.75) is 0 Å². The lowest BCUT2D eigenvalue weighted by molar-refractivity contribution is 0.670. The maximum atomic E-state index is 8.82. The number of hydrogen-bond donors (Lipinski definition) is 0. The number of aromatic nitrogens is 4. The Morgan fingerprint density at radius 2 is 1.20 bits per heavy atom. The average Bonchev–Trinajstić information content (AvgIpc) is 3.69. The van der Waals surface area contributed by atoms with Crippen LogP contribution in [0.4, 0.5) is 0 Å². The lowest BCUT2D eigenvalue weighted by Crippen LogP contribution is -1.93. The molecule has 5 heterocycles. The fourth-order valence-corrected chi connectivity index (χ4v) is 7.59. The molecule has 11 aromatic rings. The highest BCUT2D eigenvalue weighted by molar-refractivity contribution is 6.16. The zero-order valence-electron chi connectivity index (χ0n) is 34.1. The maximum absolute atomic E-state index is 8.82. The Morgan fingerprint density at radius 1 is 0.473 bits per heavy atom. The summed E-state index contributed by atoms with van der Waals surface area (Å²) in [5.41, 5.74) is 10.9. The Hall–Kier alpha value is -7.50. The topological polar surface area (TPSA) is 64.7 Å². The first kappa shape index (κ1) is 26.3. The summed E-state index contributed by atoms with van der Waals surface area (Å²) in [6.45, 7) is 0. The zero-order chi connectivity index (χ0) is 40.6. The Bertz CT molecular complexity index is 3540. The third-order valence-electron chi connectivity index (χ3n) is 10.3. The van der Waals surface area contributed by atoms with E-state index in [1.807, 2.05) is 85.1 Å². The second-order valence-corrected chi connectivity index (χ2v) is 13.5. The third-order valence-corrected chi connectivity index (χ3v) is 10.3. The number of pyridine rings is 4. The van der Waals surface area contributed by atoms with Gasteiger partial charge in [-0.3, -0.25) is 15.0 Å². The number of nitrogens with zero attached hydrogens (tertiary/aromatic N) is 4. The summed E-state index contributed by atoms with van der Waals surface area (Å²) in [7, 11) is 0. The lowest BCUT2D eigenvalue weighted by atomic mass is 9.94. The van der Waals surface area contributed by atoms with Crippen LogP contribution in [0.1, 0.15) is 6.85 Å². The Kier molecular flexibility index (Phi) is 6.01. The van der Waals surface area contributed by atoms with Crippen LogP contribution in [0.25, 0.3) is 111 Å². The summed E-state index contributed by atoms with van der Waals surface area (Å²) in [6.07, 6.45) is 5.46. The van der Waals surface area contributed by atoms with E-state index >= 15 is 0 Å². The van der Waals surface area contributed by atoms with E-state index in [-0.39, 0.29) is 17.6 Å². The molecule has 0 aliphatic rings. The van der Waals surface area contributed by atoms with Gasteiger partial charge in [-0.1, -0.05) is 109 Å². The molecule has 0 atom stereocenters. The molecule has 0 radical (unpaired) electrons. The summed E-state index contributed by atoms with van der Waals surface area (Å²) in [6, 6.07) is 42.3. The lowest BCUT2D eigenvalue weighted by Gasteiger charge is -2.12. The smallest absolute Gasteiger partial charge is 0.143 e. The van der Waals surface area contributed by atoms with Gasteiger partial charge in [0.05, 0.1) is 34.8 Å². The minimum atomic E-state index is -0.445. The van der Waals surface area contributed by atoms with Crippen molar-refractivity contribution in [3.63, 3.8) is 0 Å². The van der Waals surface area contributed by atoms with Crippen LogP contribution in [0.3, 0.4) is 0 Å². The standard InChI is InChI=1S/C50H30N4O/c1-3-9-31(10-4-1)40-21-22-41(32-11-5-2-6-12-32)50-47(40)42-20-19-36(29-46(42)55-50)45-28-38(27-44(54-45)35-17-15-33-13-7-23-51-43(33)26-35)39-25-37-18-16-34-14-8-24-52-48(34)49(37)53-30-39/h1-30H/i2D,5D,6D,11D,12D. The van der Waals surface area contributed by atoms with E-state index in [9.17, 15) is 0 Å². The fraction of sp³-hybridized carbons (Fsp3) is 0. The highest BCUT2D eigenvalue weighted by Gasteiger charge is 2.19. The van der Waals surface area contributed by atoms with Gasteiger partial charge < -0.3 is 4.42 Å². The number of furan rings is 1. The van der Waals surface area contributed by atoms with Gasteiger partial charge in [-0.15, -0.1) is 0 Å². The Balaban J connectivity index is 1.13. The van der Waals surface area contributed by atoms with Crippen LogP contribution in [-0.4, -0.2) is 19.9 Å². The molecule has 5 nitrogen and oxygen atoms in total. The monoisotopic (exact) mass is 707 g/mol. The van der Waals surface area contributed by atoms with E-state index in [4.69, 9.17) is 21.2 Å². The van der Waals surface area contributed by atoms with Crippen molar-refractivity contribution >= 4 is 54.6 Å². The van der Waals surface area contributed by atoms with Crippen molar-refractivity contribution in [3.05, 3.63) is 182 Å². The molecule has 0 N–H and O–H groups in total. The molecule has 11 rings (SSSR count). The van der Waals surface area contributed by atoms with Gasteiger partial charge in [-0.05, 0) is 76.9 Å². The molecule has 0 amide bonds. The number of benzene rings is 6. The van der Waals surface area contributed by atoms with E-state index in [0.29, 0.717) is 22.4 Å². The molecule has 256 valence electrons. The first-order valence-corrected chi connectivity index (χ1v) is 17.9. The number of fused-ring (bicyclic) bond motifs is 7. The van der Waals surface area contributed by atoms with Crippen LogP contribution in [0.15, 0.2) is 187 Å². The number of hydrogen-bond acceptors (Lipinski definition) is 5. The van der Waals surface area contributed by atoms with E-state index in [1.165, 1.54) is 0 Å². The minimum Gasteiger partial charge on any atom is -0.455 e. The van der Waals surface area contributed by atoms with Gasteiger partial charge in [0.2, 0.25) is 0 Å². The first-order valence-electron chi connectivity index (χ1n) is 20.4. The number of rotatable bonds is 5. The minimum absolute atomic E-state index is 0.0848. The molecule has 0 saturated carbocycles. The van der Waals surface area contributed by atoms with Crippen molar-refractivity contribution in [1.82, 2.24) is 19.9 Å². The zero-order valence-corrected chi connectivity index (χ0v) is 29.1. The SMILES string of the molecule is [2H]c1c([2H])c([2H])c(-c2ccc(-c3ccccc3)c3c2oc2cc(-c4cc(-c5cnc6c(ccc7cccnc76)c5)cc(-c5ccc6cccnc6c5)n4)ccc23)c([2H])c1[2H]. The molecule has 0 spiro atoms. The van der Waals surface area contributed by atoms with Crippen LogP contribution < -0.4 is 0 Å². The van der Waals surface area contributed by atoms with Crippen LogP contribution in [0, 0.1) is 0 Å². The van der Waals surface area contributed by atoms with E-state index in [0.717, 1.165) is 82.6 Å². The Morgan fingerprint density at radius 3 is 2.07 bits per heavy atom. The first-order chi connectivity index (χ1) is 29.3. The van der Waals surface area contributed by atoms with E-state index < -0.39 is 18.1 Å². The van der Waals surface area contributed by atoms with Crippen molar-refractivity contribution < 1.29 is 11.3 Å². The van der Waals surface area contributed by atoms with Gasteiger partial charge in [0.25, 0.3) is 0 Å². The van der Waals surface area contributed by atoms with Crippen molar-refractivity contribution in [3.8, 4) is 55.9 Å². The van der Waals surface area contributed by atoms with Crippen molar-refractivity contribution in [1.29, 1.82) is 0 Å². The van der Waals surface area contributed by atoms with Gasteiger partial charge in [0, 0.05) is 67.8 Å². The molecular weight excluding hydrogens is 673 g/mol. The largest absolute Gasteiger partial charge is 0.455 e. The molecule has 0 fully saturated rings. The molecule has 0 aliphatic heterocycles. The summed E-state index contributed by atoms with van der Waals surface area (Å²) < 4.78 is 49.4. The molecule has 0 unspecified atom stereocenters. The van der Waals surface area contributed by atoms with Crippen LogP contribution in [0.5, 0.6) is 0 Å². The van der Waals surface area contributed by atoms with Gasteiger partial charge >= 0.3 is 0 Å². The molecule has 5 aromatic heterocycles. The second-order valence-electron chi connectivity index (χ2n) is 13.5. The molecule has 6 aromatic carbocycles. The summed E-state index contributed by atoms with van der Waals surface area (Å²) in [5, 5.41) is 4.63. The van der Waals surface area contributed by atoms with Crippen LogP contribution in [0.2, 0.25) is 0 Å². The summed E-state index contributed by atoms with van der Waals surface area (Å²) >= 11 is 0. The third kappa shape index (κ3) is 5.33. The molecule has 5 heteroatoms. The molecule has 55 heavy (non-hydrogen) atoms. The van der Waals surface area contributed by atoms with Crippen molar-refractivity contribution in [2.75, 3.05) is 0 Å². The fourth-order valence-electron chi connectivity index (χ4n) is 7.59.